The summed E-state index contributed by atoms with van der Waals surface area (Å²) in [6.45, 7) is 3.66. The van der Waals surface area contributed by atoms with Gasteiger partial charge in [0.05, 0.1) is 32.9 Å². The minimum Gasteiger partial charge on any atom is -0.463 e. The van der Waals surface area contributed by atoms with Crippen molar-refractivity contribution in [1.82, 2.24) is 4.57 Å². The predicted octanol–water partition coefficient (Wildman–Crippen LogP) is 3.99. The molecule has 10 nitrogen and oxygen atoms in total. The van der Waals surface area contributed by atoms with Gasteiger partial charge in [-0.3, -0.25) is 19.5 Å². The van der Waals surface area contributed by atoms with Crippen molar-refractivity contribution in [2.45, 2.75) is 19.9 Å². The largest absolute Gasteiger partial charge is 0.463 e. The van der Waals surface area contributed by atoms with Crippen LogP contribution in [0.2, 0.25) is 0 Å². The number of hydrogen-bond acceptors (Lipinski definition) is 10. The third-order valence-electron chi connectivity index (χ3n) is 6.01. The summed E-state index contributed by atoms with van der Waals surface area (Å²) < 4.78 is 12.6. The normalized spacial score (nSPS) is 14.8. The molecule has 0 radical (unpaired) electrons. The van der Waals surface area contributed by atoms with Gasteiger partial charge in [-0.2, -0.15) is 0 Å². The van der Waals surface area contributed by atoms with Gasteiger partial charge >= 0.3 is 11.9 Å². The zero-order valence-corrected chi connectivity index (χ0v) is 22.9. The zero-order valence-electron chi connectivity index (χ0n) is 21.2. The van der Waals surface area contributed by atoms with E-state index in [9.17, 15) is 24.5 Å². The Balaban J connectivity index is 1.45. The number of esters is 2. The number of non-ortho nitro benzene ring substituents is 1. The minimum absolute atomic E-state index is 0.0529. The molecule has 0 unspecified atom stereocenters. The Morgan fingerprint density at radius 1 is 1.12 bits per heavy atom. The van der Waals surface area contributed by atoms with Crippen LogP contribution in [0.25, 0.3) is 6.08 Å². The van der Waals surface area contributed by atoms with E-state index in [0.29, 0.717) is 26.2 Å². The lowest BCUT2D eigenvalue weighted by Gasteiger charge is -2.23. The molecule has 3 heterocycles. The van der Waals surface area contributed by atoms with Gasteiger partial charge in [-0.15, -0.1) is 11.3 Å². The maximum atomic E-state index is 13.6. The number of carbonyl (C=O) groups is 2. The number of nitrogens with zero attached hydrogens (tertiary/aromatic N) is 3. The first-order chi connectivity index (χ1) is 19.3. The summed E-state index contributed by atoms with van der Waals surface area (Å²) in [4.78, 5) is 55.1. The van der Waals surface area contributed by atoms with Crippen LogP contribution >= 0.6 is 22.7 Å². The smallest absolute Gasteiger partial charge is 0.343 e. The molecule has 2 aromatic heterocycles. The number of carbonyl (C=O) groups excluding carboxylic acids is 2. The highest BCUT2D eigenvalue weighted by atomic mass is 32.1. The van der Waals surface area contributed by atoms with Crippen molar-refractivity contribution in [2.75, 3.05) is 6.61 Å². The van der Waals surface area contributed by atoms with E-state index in [1.54, 1.807) is 44.2 Å². The van der Waals surface area contributed by atoms with Gasteiger partial charge in [0.2, 0.25) is 0 Å². The number of nitro groups is 1. The first kappa shape index (κ1) is 26.9. The highest BCUT2D eigenvalue weighted by Gasteiger charge is 2.33. The van der Waals surface area contributed by atoms with E-state index in [4.69, 9.17) is 9.47 Å². The van der Waals surface area contributed by atoms with Crippen LogP contribution in [0.3, 0.4) is 0 Å². The van der Waals surface area contributed by atoms with Gasteiger partial charge in [-0.05, 0) is 55.1 Å². The first-order valence-corrected chi connectivity index (χ1v) is 13.8. The summed E-state index contributed by atoms with van der Waals surface area (Å²) in [7, 11) is 0. The molecule has 1 atom stereocenters. The van der Waals surface area contributed by atoms with Crippen molar-refractivity contribution in [3.05, 3.63) is 123 Å². The van der Waals surface area contributed by atoms with Gasteiger partial charge in [-0.1, -0.05) is 35.6 Å². The Hall–Kier alpha value is -4.68. The summed E-state index contributed by atoms with van der Waals surface area (Å²) in [5, 5.41) is 12.9. The Morgan fingerprint density at radius 2 is 1.90 bits per heavy atom. The minimum atomic E-state index is -0.730. The van der Waals surface area contributed by atoms with Crippen LogP contribution in [0, 0.1) is 10.1 Å². The van der Waals surface area contributed by atoms with Crippen LogP contribution in [0.1, 0.15) is 40.7 Å². The summed E-state index contributed by atoms with van der Waals surface area (Å²) in [6, 6.07) is 14.9. The number of hydrogen-bond donors (Lipinski definition) is 0. The Kier molecular flexibility index (Phi) is 7.54. The van der Waals surface area contributed by atoms with Crippen LogP contribution in [-0.4, -0.2) is 28.0 Å². The van der Waals surface area contributed by atoms with Crippen molar-refractivity contribution >= 4 is 46.4 Å². The Morgan fingerprint density at radius 3 is 2.58 bits per heavy atom. The number of fused-ring (bicyclic) bond motifs is 1. The van der Waals surface area contributed by atoms with Crippen LogP contribution in [0.15, 0.2) is 87.1 Å². The van der Waals surface area contributed by atoms with Crippen LogP contribution < -0.4 is 19.6 Å². The van der Waals surface area contributed by atoms with Gasteiger partial charge in [-0.25, -0.2) is 14.6 Å². The van der Waals surface area contributed by atoms with Crippen molar-refractivity contribution in [3.8, 4) is 5.75 Å². The number of allylic oxidation sites excluding steroid dienone is 1. The molecule has 12 heteroatoms. The van der Waals surface area contributed by atoms with Gasteiger partial charge in [0.1, 0.15) is 11.8 Å². The molecule has 5 rings (SSSR count). The second-order valence-corrected chi connectivity index (χ2v) is 10.6. The Labute approximate surface area is 234 Å². The molecule has 40 heavy (non-hydrogen) atoms. The predicted molar refractivity (Wildman–Crippen MR) is 149 cm³/mol. The maximum absolute atomic E-state index is 13.6. The number of rotatable bonds is 7. The number of nitro benzene ring substituents is 1. The second kappa shape index (κ2) is 11.2. The highest BCUT2D eigenvalue weighted by molar-refractivity contribution is 7.10. The molecule has 202 valence electrons. The van der Waals surface area contributed by atoms with Gasteiger partial charge in [0.15, 0.2) is 4.80 Å². The van der Waals surface area contributed by atoms with E-state index < -0.39 is 22.9 Å². The maximum Gasteiger partial charge on any atom is 0.343 e. The van der Waals surface area contributed by atoms with E-state index in [0.717, 1.165) is 10.9 Å². The SMILES string of the molecule is CCOC(=O)C1=C(C)N=c2s/c(=C\c3ccc(OC(=O)c4cccc([N+](=O)[O-])c4)cc3)c(=O)n2[C@@H]1c1cccs1. The lowest BCUT2D eigenvalue weighted by Crippen LogP contribution is -2.39. The fraction of sp³-hybridized carbons (Fsp3) is 0.143. The van der Waals surface area contributed by atoms with E-state index in [-0.39, 0.29) is 29.2 Å². The monoisotopic (exact) mass is 575 g/mol. The van der Waals surface area contributed by atoms with Crippen LogP contribution in [-0.2, 0) is 9.53 Å². The molecule has 0 N–H and O–H groups in total. The Bertz CT molecular complexity index is 1840. The quantitative estimate of drug-likeness (QED) is 0.141. The fourth-order valence-electron chi connectivity index (χ4n) is 4.20. The summed E-state index contributed by atoms with van der Waals surface area (Å²) in [5.74, 6) is -1.000. The third kappa shape index (κ3) is 5.26. The second-order valence-electron chi connectivity index (χ2n) is 8.58. The molecule has 1 aliphatic rings. The number of benzene rings is 2. The summed E-state index contributed by atoms with van der Waals surface area (Å²) in [6.07, 6.45) is 1.70. The van der Waals surface area contributed by atoms with Crippen molar-refractivity contribution < 1.29 is 24.0 Å². The molecule has 4 aromatic rings. The molecule has 0 aliphatic carbocycles. The number of ether oxygens (including phenoxy) is 2. The van der Waals surface area contributed by atoms with Gasteiger partial charge < -0.3 is 9.47 Å². The topological polar surface area (TPSA) is 130 Å². The fourth-order valence-corrected chi connectivity index (χ4v) is 6.07. The summed E-state index contributed by atoms with van der Waals surface area (Å²) in [5.41, 5.74) is 1.05. The molecule has 1 aliphatic heterocycles. The van der Waals surface area contributed by atoms with E-state index in [1.807, 2.05) is 17.5 Å². The van der Waals surface area contributed by atoms with E-state index in [1.165, 1.54) is 45.4 Å². The first-order valence-electron chi connectivity index (χ1n) is 12.1. The molecule has 0 fully saturated rings. The van der Waals surface area contributed by atoms with Crippen molar-refractivity contribution in [2.24, 2.45) is 4.99 Å². The lowest BCUT2D eigenvalue weighted by molar-refractivity contribution is -0.384. The van der Waals surface area contributed by atoms with Crippen LogP contribution in [0.5, 0.6) is 5.75 Å². The zero-order chi connectivity index (χ0) is 28.4. The molecule has 2 aromatic carbocycles. The average molecular weight is 576 g/mol. The molecular weight excluding hydrogens is 554 g/mol. The molecule has 0 bridgehead atoms. The molecule has 0 spiro atoms. The van der Waals surface area contributed by atoms with Crippen LogP contribution in [0.4, 0.5) is 5.69 Å². The third-order valence-corrected chi connectivity index (χ3v) is 7.92. The lowest BCUT2D eigenvalue weighted by atomic mass is 10.0. The standard InChI is InChI=1S/C28H21N3O7S2/c1-3-37-27(34)23-16(2)29-28-30(24(23)21-8-5-13-39-21)25(32)22(40-28)14-17-9-11-20(12-10-17)38-26(33)18-6-4-7-19(15-18)31(35)36/h4-15,24H,3H2,1-2H3/b22-14-/t24-/m1/s1. The van der Waals surface area contributed by atoms with Gasteiger partial charge in [0, 0.05) is 17.0 Å². The molecule has 0 amide bonds. The molecule has 0 saturated heterocycles. The molecule has 0 saturated carbocycles. The number of thiazole rings is 1. The van der Waals surface area contributed by atoms with Crippen molar-refractivity contribution in [3.63, 3.8) is 0 Å². The highest BCUT2D eigenvalue weighted by Crippen LogP contribution is 2.33. The molecular formula is C28H21N3O7S2. The van der Waals surface area contributed by atoms with Crippen molar-refractivity contribution in [1.29, 1.82) is 0 Å². The van der Waals surface area contributed by atoms with E-state index in [2.05, 4.69) is 4.99 Å². The number of aromatic nitrogens is 1. The van der Waals surface area contributed by atoms with Gasteiger partial charge in [0.25, 0.3) is 11.2 Å². The van der Waals surface area contributed by atoms with E-state index >= 15 is 0 Å². The summed E-state index contributed by atoms with van der Waals surface area (Å²) >= 11 is 2.65. The number of thiophene rings is 1. The average Bonchev–Trinajstić information content (AvgIpc) is 3.57.